The van der Waals surface area contributed by atoms with Crippen LogP contribution in [0.25, 0.3) is 10.9 Å². The van der Waals surface area contributed by atoms with Crippen molar-refractivity contribution in [3.63, 3.8) is 0 Å². The number of nitrogens with zero attached hydrogens (tertiary/aromatic N) is 1. The fourth-order valence-corrected chi connectivity index (χ4v) is 2.74. The van der Waals surface area contributed by atoms with Gasteiger partial charge in [0.25, 0.3) is 0 Å². The molecular weight excluding hydrogens is 282 g/mol. The zero-order valence-corrected chi connectivity index (χ0v) is 14.0. The molecule has 1 heterocycles. The summed E-state index contributed by atoms with van der Waals surface area (Å²) in [5.74, 6) is 0. The molecule has 0 aliphatic rings. The van der Waals surface area contributed by atoms with Gasteiger partial charge in [-0.1, -0.05) is 38.3 Å². The lowest BCUT2D eigenvalue weighted by molar-refractivity contribution is 0.749. The molecule has 1 aromatic heterocycles. The number of aryl methyl sites for hydroxylation is 2. The lowest BCUT2D eigenvalue weighted by atomic mass is 9.99. The standard InChI is InChI=1S/C20H25N3/c1-5-8-15(6-2)12-22-20(11-21)18-13-23-19-9-14(4)16(7-3)10-17(18)19/h5-6,8-10,12-13,20,23H,1-2,7,11,21H2,3-4H3/b15-8+,22-12?. The van der Waals surface area contributed by atoms with E-state index in [4.69, 9.17) is 5.73 Å². The average molecular weight is 307 g/mol. The minimum atomic E-state index is -0.0793. The van der Waals surface area contributed by atoms with E-state index in [-0.39, 0.29) is 6.04 Å². The highest BCUT2D eigenvalue weighted by molar-refractivity contribution is 5.86. The van der Waals surface area contributed by atoms with Gasteiger partial charge in [-0.05, 0) is 42.2 Å². The van der Waals surface area contributed by atoms with Gasteiger partial charge in [0.1, 0.15) is 0 Å². The molecular formula is C20H25N3. The van der Waals surface area contributed by atoms with E-state index in [2.05, 4.69) is 49.1 Å². The molecule has 0 amide bonds. The largest absolute Gasteiger partial charge is 0.361 e. The maximum Gasteiger partial charge on any atom is 0.0891 e. The normalized spacial score (nSPS) is 13.6. The Balaban J connectivity index is 2.44. The number of aliphatic imine (C=N–C) groups is 1. The monoisotopic (exact) mass is 307 g/mol. The molecule has 120 valence electrons. The smallest absolute Gasteiger partial charge is 0.0891 e. The van der Waals surface area contributed by atoms with Crippen LogP contribution in [0.1, 0.15) is 29.7 Å². The summed E-state index contributed by atoms with van der Waals surface area (Å²) >= 11 is 0. The van der Waals surface area contributed by atoms with Crippen molar-refractivity contribution < 1.29 is 0 Å². The number of rotatable bonds is 7. The van der Waals surface area contributed by atoms with Gasteiger partial charge in [-0.2, -0.15) is 0 Å². The van der Waals surface area contributed by atoms with Gasteiger partial charge in [0.2, 0.25) is 0 Å². The van der Waals surface area contributed by atoms with E-state index in [1.54, 1.807) is 18.4 Å². The average Bonchev–Trinajstić information content (AvgIpc) is 2.96. The summed E-state index contributed by atoms with van der Waals surface area (Å²) in [5.41, 5.74) is 11.8. The first kappa shape index (κ1) is 17.0. The minimum absolute atomic E-state index is 0.0793. The summed E-state index contributed by atoms with van der Waals surface area (Å²) < 4.78 is 0. The number of benzene rings is 1. The van der Waals surface area contributed by atoms with E-state index < -0.39 is 0 Å². The van der Waals surface area contributed by atoms with Gasteiger partial charge in [-0.3, -0.25) is 4.99 Å². The van der Waals surface area contributed by atoms with E-state index in [1.165, 1.54) is 16.5 Å². The topological polar surface area (TPSA) is 54.2 Å². The second-order valence-electron chi connectivity index (χ2n) is 5.56. The van der Waals surface area contributed by atoms with E-state index >= 15 is 0 Å². The number of allylic oxidation sites excluding steroid dienone is 4. The highest BCUT2D eigenvalue weighted by atomic mass is 14.8. The van der Waals surface area contributed by atoms with E-state index in [0.717, 1.165) is 23.1 Å². The molecule has 23 heavy (non-hydrogen) atoms. The number of hydrogen-bond donors (Lipinski definition) is 2. The van der Waals surface area contributed by atoms with Crippen molar-refractivity contribution in [2.24, 2.45) is 10.7 Å². The van der Waals surface area contributed by atoms with Gasteiger partial charge < -0.3 is 10.7 Å². The van der Waals surface area contributed by atoms with E-state index in [0.29, 0.717) is 6.54 Å². The third-order valence-electron chi connectivity index (χ3n) is 4.08. The summed E-state index contributed by atoms with van der Waals surface area (Å²) in [6.45, 7) is 12.3. The first-order valence-electron chi connectivity index (χ1n) is 7.93. The van der Waals surface area contributed by atoms with Gasteiger partial charge in [0.05, 0.1) is 6.04 Å². The van der Waals surface area contributed by atoms with Crippen LogP contribution in [-0.4, -0.2) is 17.7 Å². The number of aromatic amines is 1. The summed E-state index contributed by atoms with van der Waals surface area (Å²) in [7, 11) is 0. The molecule has 2 aromatic rings. The molecule has 1 aromatic carbocycles. The molecule has 0 saturated carbocycles. The summed E-state index contributed by atoms with van der Waals surface area (Å²) in [4.78, 5) is 7.99. The number of nitrogens with one attached hydrogen (secondary N) is 1. The van der Waals surface area contributed by atoms with Gasteiger partial charge in [-0.25, -0.2) is 0 Å². The summed E-state index contributed by atoms with van der Waals surface area (Å²) in [5, 5.41) is 1.20. The fourth-order valence-electron chi connectivity index (χ4n) is 2.74. The second-order valence-corrected chi connectivity index (χ2v) is 5.56. The maximum atomic E-state index is 5.96. The first-order valence-corrected chi connectivity index (χ1v) is 7.93. The summed E-state index contributed by atoms with van der Waals surface area (Å²) in [6, 6.07) is 4.37. The first-order chi connectivity index (χ1) is 11.1. The Bertz CT molecular complexity index is 763. The van der Waals surface area contributed by atoms with Crippen molar-refractivity contribution in [1.29, 1.82) is 0 Å². The summed E-state index contributed by atoms with van der Waals surface area (Å²) in [6.07, 6.45) is 10.2. The molecule has 0 spiro atoms. The van der Waals surface area contributed by atoms with Gasteiger partial charge in [0.15, 0.2) is 0 Å². The fraction of sp³-hybridized carbons (Fsp3) is 0.250. The van der Waals surface area contributed by atoms with Crippen LogP contribution < -0.4 is 5.73 Å². The SMILES string of the molecule is C=C/C=C(\C=C)C=NC(CN)c1c[nH]c2cc(C)c(CC)cc12. The van der Waals surface area contributed by atoms with Crippen molar-refractivity contribution in [1.82, 2.24) is 4.98 Å². The Hall–Kier alpha value is -2.39. The molecule has 2 rings (SSSR count). The number of fused-ring (bicyclic) bond motifs is 1. The van der Waals surface area contributed by atoms with Crippen LogP contribution >= 0.6 is 0 Å². The van der Waals surface area contributed by atoms with Crippen LogP contribution in [0.4, 0.5) is 0 Å². The van der Waals surface area contributed by atoms with Crippen LogP contribution in [0.15, 0.2) is 60.3 Å². The lowest BCUT2D eigenvalue weighted by Crippen LogP contribution is -2.10. The molecule has 0 aliphatic heterocycles. The number of aromatic nitrogens is 1. The molecule has 0 bridgehead atoms. The zero-order valence-electron chi connectivity index (χ0n) is 14.0. The van der Waals surface area contributed by atoms with Gasteiger partial charge in [-0.15, -0.1) is 0 Å². The maximum absolute atomic E-state index is 5.96. The van der Waals surface area contributed by atoms with Crippen LogP contribution in [-0.2, 0) is 6.42 Å². The van der Waals surface area contributed by atoms with Crippen molar-refractivity contribution in [2.45, 2.75) is 26.3 Å². The molecule has 0 fully saturated rings. The highest BCUT2D eigenvalue weighted by Gasteiger charge is 2.14. The highest BCUT2D eigenvalue weighted by Crippen LogP contribution is 2.28. The van der Waals surface area contributed by atoms with Crippen LogP contribution in [0, 0.1) is 6.92 Å². The van der Waals surface area contributed by atoms with Gasteiger partial charge >= 0.3 is 0 Å². The molecule has 0 aliphatic carbocycles. The predicted octanol–water partition coefficient (Wildman–Crippen LogP) is 4.41. The molecule has 0 radical (unpaired) electrons. The lowest BCUT2D eigenvalue weighted by Gasteiger charge is -2.10. The molecule has 3 N–H and O–H groups in total. The number of H-pyrrole nitrogens is 1. The molecule has 3 heteroatoms. The molecule has 0 saturated heterocycles. The minimum Gasteiger partial charge on any atom is -0.361 e. The third kappa shape index (κ3) is 3.69. The van der Waals surface area contributed by atoms with Crippen LogP contribution in [0.5, 0.6) is 0 Å². The van der Waals surface area contributed by atoms with Crippen molar-refractivity contribution in [3.05, 3.63) is 72.0 Å². The number of nitrogens with two attached hydrogens (primary N) is 1. The zero-order chi connectivity index (χ0) is 16.8. The Kier molecular flexibility index (Phi) is 5.72. The van der Waals surface area contributed by atoms with Crippen LogP contribution in [0.2, 0.25) is 0 Å². The molecule has 1 atom stereocenters. The Morgan fingerprint density at radius 3 is 2.78 bits per heavy atom. The molecule has 1 unspecified atom stereocenters. The van der Waals surface area contributed by atoms with Crippen molar-refractivity contribution in [2.75, 3.05) is 6.54 Å². The molecule has 3 nitrogen and oxygen atoms in total. The third-order valence-corrected chi connectivity index (χ3v) is 4.08. The van der Waals surface area contributed by atoms with Crippen molar-refractivity contribution in [3.8, 4) is 0 Å². The predicted molar refractivity (Wildman–Crippen MR) is 101 cm³/mol. The second kappa shape index (κ2) is 7.75. The quantitative estimate of drug-likeness (QED) is 0.578. The van der Waals surface area contributed by atoms with Crippen molar-refractivity contribution >= 4 is 17.1 Å². The van der Waals surface area contributed by atoms with E-state index in [1.807, 2.05) is 12.3 Å². The van der Waals surface area contributed by atoms with E-state index in [9.17, 15) is 0 Å². The van der Waals surface area contributed by atoms with Crippen LogP contribution in [0.3, 0.4) is 0 Å². The Morgan fingerprint density at radius 1 is 1.39 bits per heavy atom. The Morgan fingerprint density at radius 2 is 2.17 bits per heavy atom. The number of hydrogen-bond acceptors (Lipinski definition) is 2. The van der Waals surface area contributed by atoms with Gasteiger partial charge in [0, 0.05) is 35.4 Å². The Labute approximate surface area is 138 Å².